The van der Waals surface area contributed by atoms with E-state index in [4.69, 9.17) is 9.47 Å². The van der Waals surface area contributed by atoms with E-state index in [-0.39, 0.29) is 11.3 Å². The van der Waals surface area contributed by atoms with Crippen LogP contribution < -0.4 is 19.6 Å². The van der Waals surface area contributed by atoms with Crippen LogP contribution in [0.15, 0.2) is 69.6 Å². The number of methoxy groups -OCH3 is 2. The lowest BCUT2D eigenvalue weighted by Gasteiger charge is -2.24. The molecule has 4 rings (SSSR count). The van der Waals surface area contributed by atoms with Crippen LogP contribution in [-0.2, 0) is 9.53 Å². The molecule has 1 atom stereocenters. The van der Waals surface area contributed by atoms with Gasteiger partial charge in [0.25, 0.3) is 5.56 Å². The molecule has 2 heterocycles. The van der Waals surface area contributed by atoms with Crippen LogP contribution in [0.3, 0.4) is 0 Å². The Balaban J connectivity index is 1.94. The first-order chi connectivity index (χ1) is 14.9. The number of ether oxygens (including phenoxy) is 2. The van der Waals surface area contributed by atoms with E-state index in [9.17, 15) is 14.7 Å². The molecule has 8 heteroatoms. The van der Waals surface area contributed by atoms with Crippen LogP contribution >= 0.6 is 11.3 Å². The van der Waals surface area contributed by atoms with Gasteiger partial charge in [-0.25, -0.2) is 9.79 Å². The molecule has 0 radical (unpaired) electrons. The van der Waals surface area contributed by atoms with E-state index in [1.807, 2.05) is 30.3 Å². The molecule has 7 nitrogen and oxygen atoms in total. The van der Waals surface area contributed by atoms with E-state index in [2.05, 4.69) is 4.99 Å². The first-order valence-electron chi connectivity index (χ1n) is 9.47. The molecule has 1 unspecified atom stereocenters. The summed E-state index contributed by atoms with van der Waals surface area (Å²) >= 11 is 1.23. The number of hydrogen-bond donors (Lipinski definition) is 1. The van der Waals surface area contributed by atoms with Gasteiger partial charge in [-0.3, -0.25) is 9.36 Å². The molecule has 1 aliphatic rings. The lowest BCUT2D eigenvalue weighted by atomic mass is 9.96. The fraction of sp³-hybridized carbons (Fsp3) is 0.174. The maximum atomic E-state index is 13.4. The molecule has 0 bridgehead atoms. The van der Waals surface area contributed by atoms with Crippen LogP contribution in [0.1, 0.15) is 24.1 Å². The number of carbonyl (C=O) groups excluding carboxylic acids is 1. The normalized spacial score (nSPS) is 16.0. The Kier molecular flexibility index (Phi) is 5.48. The number of allylic oxidation sites excluding steroid dienone is 1. The van der Waals surface area contributed by atoms with E-state index >= 15 is 0 Å². The Hall–Kier alpha value is -3.65. The fourth-order valence-corrected chi connectivity index (χ4v) is 4.64. The van der Waals surface area contributed by atoms with Gasteiger partial charge in [0.05, 0.1) is 36.1 Å². The fourth-order valence-electron chi connectivity index (χ4n) is 3.59. The second kappa shape index (κ2) is 8.23. The van der Waals surface area contributed by atoms with Gasteiger partial charge in [-0.2, -0.15) is 0 Å². The van der Waals surface area contributed by atoms with Crippen LogP contribution in [0.4, 0.5) is 0 Å². The highest BCUT2D eigenvalue weighted by atomic mass is 32.1. The number of aromatic nitrogens is 1. The second-order valence-corrected chi connectivity index (χ2v) is 7.92. The van der Waals surface area contributed by atoms with Gasteiger partial charge in [-0.05, 0) is 36.3 Å². The molecule has 0 fully saturated rings. The summed E-state index contributed by atoms with van der Waals surface area (Å²) in [5.41, 5.74) is 1.99. The summed E-state index contributed by atoms with van der Waals surface area (Å²) < 4.78 is 12.0. The predicted octanol–water partition coefficient (Wildman–Crippen LogP) is 2.12. The molecule has 1 aromatic heterocycles. The molecular formula is C23H20N2O5S. The lowest BCUT2D eigenvalue weighted by molar-refractivity contribution is -0.136. The highest BCUT2D eigenvalue weighted by Gasteiger charge is 2.32. The van der Waals surface area contributed by atoms with E-state index in [0.29, 0.717) is 31.9 Å². The number of carbonyl (C=O) groups is 1. The zero-order valence-electron chi connectivity index (χ0n) is 17.2. The van der Waals surface area contributed by atoms with Crippen molar-refractivity contribution in [2.45, 2.75) is 13.0 Å². The zero-order valence-corrected chi connectivity index (χ0v) is 18.0. The van der Waals surface area contributed by atoms with Crippen molar-refractivity contribution in [3.8, 4) is 11.5 Å². The van der Waals surface area contributed by atoms with Crippen molar-refractivity contribution in [3.63, 3.8) is 0 Å². The van der Waals surface area contributed by atoms with Crippen molar-refractivity contribution in [2.24, 2.45) is 4.99 Å². The zero-order chi connectivity index (χ0) is 22.1. The first-order valence-corrected chi connectivity index (χ1v) is 10.3. The summed E-state index contributed by atoms with van der Waals surface area (Å²) in [6, 6.07) is 13.6. The number of phenols is 1. The highest BCUT2D eigenvalue weighted by molar-refractivity contribution is 7.07. The van der Waals surface area contributed by atoms with Crippen molar-refractivity contribution in [1.29, 1.82) is 0 Å². The van der Waals surface area contributed by atoms with Gasteiger partial charge in [-0.15, -0.1) is 0 Å². The van der Waals surface area contributed by atoms with Crippen molar-refractivity contribution in [3.05, 3.63) is 90.6 Å². The Labute approximate surface area is 181 Å². The van der Waals surface area contributed by atoms with Crippen LogP contribution in [-0.4, -0.2) is 29.9 Å². The molecule has 3 aromatic rings. The van der Waals surface area contributed by atoms with Crippen molar-refractivity contribution in [2.75, 3.05) is 14.2 Å². The number of fused-ring (bicyclic) bond motifs is 1. The third kappa shape index (κ3) is 3.66. The SMILES string of the molecule is COC(=O)C1=C(C)N=c2sc(=Cc3ccc(OC)c(O)c3)c(=O)n2C1c1ccccc1. The maximum absolute atomic E-state index is 13.4. The van der Waals surface area contributed by atoms with Gasteiger partial charge in [0.15, 0.2) is 16.3 Å². The summed E-state index contributed by atoms with van der Waals surface area (Å²) in [6.45, 7) is 1.74. The Morgan fingerprint density at radius 2 is 1.94 bits per heavy atom. The van der Waals surface area contributed by atoms with Crippen LogP contribution in [0.5, 0.6) is 11.5 Å². The molecule has 158 valence electrons. The largest absolute Gasteiger partial charge is 0.504 e. The Morgan fingerprint density at radius 3 is 2.58 bits per heavy atom. The number of esters is 1. The molecule has 0 spiro atoms. The predicted molar refractivity (Wildman–Crippen MR) is 117 cm³/mol. The number of rotatable bonds is 4. The smallest absolute Gasteiger partial charge is 0.338 e. The third-order valence-electron chi connectivity index (χ3n) is 5.04. The summed E-state index contributed by atoms with van der Waals surface area (Å²) in [7, 11) is 2.78. The Morgan fingerprint density at radius 1 is 1.19 bits per heavy atom. The van der Waals surface area contributed by atoms with E-state index in [0.717, 1.165) is 5.56 Å². The lowest BCUT2D eigenvalue weighted by Crippen LogP contribution is -2.39. The molecule has 1 aliphatic heterocycles. The maximum Gasteiger partial charge on any atom is 0.338 e. The van der Waals surface area contributed by atoms with Crippen LogP contribution in [0, 0.1) is 0 Å². The number of hydrogen-bond acceptors (Lipinski definition) is 7. The number of nitrogens with zero attached hydrogens (tertiary/aromatic N) is 2. The van der Waals surface area contributed by atoms with Gasteiger partial charge < -0.3 is 14.6 Å². The number of phenolic OH excluding ortho intramolecular Hbond substituents is 1. The highest BCUT2D eigenvalue weighted by Crippen LogP contribution is 2.30. The molecule has 31 heavy (non-hydrogen) atoms. The minimum atomic E-state index is -0.642. The molecular weight excluding hydrogens is 416 g/mol. The summed E-state index contributed by atoms with van der Waals surface area (Å²) in [5, 5.41) is 10.0. The standard InChI is InChI=1S/C23H20N2O5S/c1-13-19(22(28)30-3)20(15-7-5-4-6-8-15)25-21(27)18(31-23(25)24-13)12-14-9-10-17(29-2)16(26)11-14/h4-12,20,26H,1-3H3. The summed E-state index contributed by atoms with van der Waals surface area (Å²) in [4.78, 5) is 31.0. The first kappa shape index (κ1) is 20.6. The van der Waals surface area contributed by atoms with E-state index in [1.165, 1.54) is 36.2 Å². The molecule has 0 saturated carbocycles. The van der Waals surface area contributed by atoms with E-state index in [1.54, 1.807) is 25.1 Å². The van der Waals surface area contributed by atoms with Crippen molar-refractivity contribution in [1.82, 2.24) is 4.57 Å². The van der Waals surface area contributed by atoms with Crippen molar-refractivity contribution < 1.29 is 19.4 Å². The summed E-state index contributed by atoms with van der Waals surface area (Å²) in [5.74, 6) is -0.194. The second-order valence-electron chi connectivity index (χ2n) is 6.92. The van der Waals surface area contributed by atoms with E-state index < -0.39 is 12.0 Å². The molecule has 2 aromatic carbocycles. The topological polar surface area (TPSA) is 90.1 Å². The molecule has 0 aliphatic carbocycles. The number of thiazole rings is 1. The minimum absolute atomic E-state index is 0.0185. The third-order valence-corrected chi connectivity index (χ3v) is 6.03. The molecule has 0 amide bonds. The quantitative estimate of drug-likeness (QED) is 0.633. The average Bonchev–Trinajstić information content (AvgIpc) is 3.07. The monoisotopic (exact) mass is 436 g/mol. The van der Waals surface area contributed by atoms with Gasteiger partial charge in [-0.1, -0.05) is 47.7 Å². The average molecular weight is 436 g/mol. The van der Waals surface area contributed by atoms with Gasteiger partial charge in [0.2, 0.25) is 0 Å². The van der Waals surface area contributed by atoms with Gasteiger partial charge in [0, 0.05) is 0 Å². The van der Waals surface area contributed by atoms with Crippen molar-refractivity contribution >= 4 is 23.4 Å². The van der Waals surface area contributed by atoms with Crippen LogP contribution in [0.2, 0.25) is 0 Å². The summed E-state index contributed by atoms with van der Waals surface area (Å²) in [6.07, 6.45) is 1.68. The Bertz CT molecular complexity index is 1370. The van der Waals surface area contributed by atoms with Gasteiger partial charge in [0.1, 0.15) is 0 Å². The molecule has 1 N–H and O–H groups in total. The van der Waals surface area contributed by atoms with Gasteiger partial charge >= 0.3 is 5.97 Å². The van der Waals surface area contributed by atoms with Crippen LogP contribution in [0.25, 0.3) is 6.08 Å². The minimum Gasteiger partial charge on any atom is -0.504 e. The number of aromatic hydroxyl groups is 1. The number of benzene rings is 2. The molecule has 0 saturated heterocycles.